The van der Waals surface area contributed by atoms with Crippen LogP contribution in [0.3, 0.4) is 0 Å². The van der Waals surface area contributed by atoms with E-state index in [0.717, 1.165) is 38.5 Å². The Kier molecular flexibility index (Phi) is 35.4. The fourth-order valence-electron chi connectivity index (χ4n) is 6.01. The Hall–Kier alpha value is -1.52. The smallest absolute Gasteiger partial charge is 0.472 e. The van der Waals surface area contributed by atoms with E-state index in [1.54, 1.807) is 0 Å². The second-order valence-corrected chi connectivity index (χ2v) is 15.9. The van der Waals surface area contributed by atoms with Crippen molar-refractivity contribution in [1.29, 1.82) is 0 Å². The van der Waals surface area contributed by atoms with E-state index in [1.807, 2.05) is 0 Å². The summed E-state index contributed by atoms with van der Waals surface area (Å²) in [6.07, 6.45) is 34.1. The summed E-state index contributed by atoms with van der Waals surface area (Å²) in [6, 6.07) is -1.51. The normalized spacial score (nSPS) is 13.8. The lowest BCUT2D eigenvalue weighted by molar-refractivity contribution is -0.161. The van der Waals surface area contributed by atoms with Gasteiger partial charge in [0.1, 0.15) is 12.6 Å². The molecule has 0 saturated heterocycles. The van der Waals surface area contributed by atoms with E-state index in [1.165, 1.54) is 128 Å². The third kappa shape index (κ3) is 35.5. The summed E-state index contributed by atoms with van der Waals surface area (Å²) in [7, 11) is -4.69. The predicted octanol–water partition coefficient (Wildman–Crippen LogP) is 10.7. The molecule has 0 saturated carbocycles. The minimum Gasteiger partial charge on any atom is -0.480 e. The average Bonchev–Trinajstić information content (AvgIpc) is 3.12. The number of ether oxygens (including phenoxy) is 2. The summed E-state index contributed by atoms with van der Waals surface area (Å²) in [5.41, 5.74) is 5.30. The molecule has 12 heteroatoms. The summed E-state index contributed by atoms with van der Waals surface area (Å²) in [5.74, 6) is -2.38. The van der Waals surface area contributed by atoms with Crippen molar-refractivity contribution in [3.8, 4) is 0 Å². The lowest BCUT2D eigenvalue weighted by atomic mass is 10.0. The highest BCUT2D eigenvalue weighted by Gasteiger charge is 2.28. The Morgan fingerprint density at radius 1 is 0.519 bits per heavy atom. The van der Waals surface area contributed by atoms with Crippen LogP contribution < -0.4 is 5.73 Å². The van der Waals surface area contributed by atoms with Crippen LogP contribution in [-0.2, 0) is 37.5 Å². The lowest BCUT2D eigenvalue weighted by Crippen LogP contribution is -2.34. The van der Waals surface area contributed by atoms with Crippen LogP contribution in [0.5, 0.6) is 0 Å². The van der Waals surface area contributed by atoms with Crippen molar-refractivity contribution in [2.75, 3.05) is 19.8 Å². The zero-order valence-electron chi connectivity index (χ0n) is 33.2. The molecule has 0 radical (unpaired) electrons. The van der Waals surface area contributed by atoms with Crippen LogP contribution >= 0.6 is 7.82 Å². The van der Waals surface area contributed by atoms with E-state index >= 15 is 0 Å². The largest absolute Gasteiger partial charge is 0.480 e. The highest BCUT2D eigenvalue weighted by molar-refractivity contribution is 7.47. The number of rotatable bonds is 40. The highest BCUT2D eigenvalue weighted by atomic mass is 31.2. The molecule has 0 heterocycles. The molecule has 0 aliphatic rings. The molecule has 0 amide bonds. The molecule has 4 N–H and O–H groups in total. The number of hydrogen-bond donors (Lipinski definition) is 3. The zero-order chi connectivity index (χ0) is 38.5. The molecule has 11 nitrogen and oxygen atoms in total. The first-order valence-corrected chi connectivity index (χ1v) is 22.6. The van der Waals surface area contributed by atoms with Crippen molar-refractivity contribution >= 4 is 25.7 Å². The number of carboxylic acid groups (broad SMARTS) is 1. The first-order chi connectivity index (χ1) is 25.1. The fraction of sp³-hybridized carbons (Fsp3) is 0.925. The quantitative estimate of drug-likeness (QED) is 0.0308. The van der Waals surface area contributed by atoms with Gasteiger partial charge in [0.15, 0.2) is 6.10 Å². The van der Waals surface area contributed by atoms with E-state index in [9.17, 15) is 23.8 Å². The van der Waals surface area contributed by atoms with E-state index in [-0.39, 0.29) is 19.4 Å². The Balaban J connectivity index is 3.98. The monoisotopic (exact) mass is 764 g/mol. The number of aliphatic carboxylic acids is 1. The van der Waals surface area contributed by atoms with Gasteiger partial charge in [0.05, 0.1) is 13.2 Å². The van der Waals surface area contributed by atoms with Gasteiger partial charge in [-0.25, -0.2) is 4.57 Å². The second kappa shape index (κ2) is 36.5. The molecule has 3 atom stereocenters. The highest BCUT2D eigenvalue weighted by Crippen LogP contribution is 2.43. The molecule has 0 aromatic rings. The molecule has 308 valence electrons. The van der Waals surface area contributed by atoms with Crippen molar-refractivity contribution in [2.24, 2.45) is 5.73 Å². The van der Waals surface area contributed by atoms with Crippen LogP contribution in [0.1, 0.15) is 206 Å². The van der Waals surface area contributed by atoms with Gasteiger partial charge in [0.25, 0.3) is 0 Å². The first kappa shape index (κ1) is 50.5. The maximum Gasteiger partial charge on any atom is 0.472 e. The summed E-state index contributed by atoms with van der Waals surface area (Å²) in [4.78, 5) is 45.4. The molecule has 0 fully saturated rings. The number of phosphoric acid groups is 1. The van der Waals surface area contributed by atoms with Gasteiger partial charge in [0.2, 0.25) is 0 Å². The first-order valence-electron chi connectivity index (χ1n) is 21.1. The maximum atomic E-state index is 12.5. The SMILES string of the molecule is CCCCCCCCCCCCCCCCCCCCCCCCCCC(=O)OC(COC(=O)CCCCCC)COP(=O)(O)OCC(N)C(=O)O. The maximum absolute atomic E-state index is 12.5. The fourth-order valence-corrected chi connectivity index (χ4v) is 6.79. The molecule has 0 spiro atoms. The second-order valence-electron chi connectivity index (χ2n) is 14.5. The van der Waals surface area contributed by atoms with Crippen LogP contribution in [0.15, 0.2) is 0 Å². The molecule has 0 rings (SSSR count). The number of phosphoric ester groups is 1. The van der Waals surface area contributed by atoms with Gasteiger partial charge in [-0.15, -0.1) is 0 Å². The van der Waals surface area contributed by atoms with Crippen LogP contribution in [0.4, 0.5) is 0 Å². The number of esters is 2. The molecule has 0 aromatic heterocycles. The van der Waals surface area contributed by atoms with Gasteiger partial charge in [-0.05, 0) is 12.8 Å². The summed E-state index contributed by atoms with van der Waals surface area (Å²) >= 11 is 0. The van der Waals surface area contributed by atoms with Crippen LogP contribution in [0, 0.1) is 0 Å². The van der Waals surface area contributed by atoms with Gasteiger partial charge >= 0.3 is 25.7 Å². The van der Waals surface area contributed by atoms with Crippen LogP contribution in [-0.4, -0.2) is 59.9 Å². The zero-order valence-corrected chi connectivity index (χ0v) is 34.1. The van der Waals surface area contributed by atoms with Crippen molar-refractivity contribution in [2.45, 2.75) is 219 Å². The van der Waals surface area contributed by atoms with E-state index in [2.05, 4.69) is 18.4 Å². The number of carbonyl (C=O) groups is 3. The summed E-state index contributed by atoms with van der Waals surface area (Å²) in [6.45, 7) is 2.68. The molecule has 3 unspecified atom stereocenters. The number of unbranched alkanes of at least 4 members (excludes halogenated alkanes) is 26. The third-order valence-electron chi connectivity index (χ3n) is 9.36. The van der Waals surface area contributed by atoms with Crippen molar-refractivity contribution in [3.63, 3.8) is 0 Å². The number of hydrogen-bond acceptors (Lipinski definition) is 9. The average molecular weight is 764 g/mol. The van der Waals surface area contributed by atoms with E-state index < -0.39 is 51.1 Å². The standard InChI is InChI=1S/C40H78NO10P/c1-3-5-7-9-10-11-12-13-14-15-16-17-18-19-20-21-22-23-24-25-26-27-28-30-32-39(43)51-36(33-48-38(42)31-29-8-6-4-2)34-49-52(46,47)50-35-37(41)40(44)45/h36-37H,3-35,41H2,1-2H3,(H,44,45)(H,46,47). The molecule has 0 bridgehead atoms. The molecule has 52 heavy (non-hydrogen) atoms. The minimum absolute atomic E-state index is 0.168. The third-order valence-corrected chi connectivity index (χ3v) is 10.3. The Bertz CT molecular complexity index is 906. The van der Waals surface area contributed by atoms with Gasteiger partial charge in [-0.2, -0.15) is 0 Å². The Morgan fingerprint density at radius 3 is 1.23 bits per heavy atom. The Morgan fingerprint density at radius 2 is 0.846 bits per heavy atom. The summed E-state index contributed by atoms with van der Waals surface area (Å²) in [5, 5.41) is 8.83. The molecule has 0 aromatic carbocycles. The van der Waals surface area contributed by atoms with Gasteiger partial charge < -0.3 is 25.2 Å². The van der Waals surface area contributed by atoms with E-state index in [0.29, 0.717) is 12.8 Å². The minimum atomic E-state index is -4.69. The van der Waals surface area contributed by atoms with Crippen molar-refractivity contribution < 1.29 is 47.5 Å². The van der Waals surface area contributed by atoms with Gasteiger partial charge in [-0.3, -0.25) is 23.4 Å². The molecular formula is C40H78NO10P. The lowest BCUT2D eigenvalue weighted by Gasteiger charge is -2.20. The van der Waals surface area contributed by atoms with Gasteiger partial charge in [-0.1, -0.05) is 181 Å². The van der Waals surface area contributed by atoms with E-state index in [4.69, 9.17) is 24.8 Å². The number of carboxylic acids is 1. The van der Waals surface area contributed by atoms with Crippen molar-refractivity contribution in [1.82, 2.24) is 0 Å². The molecule has 0 aliphatic carbocycles. The van der Waals surface area contributed by atoms with Crippen molar-refractivity contribution in [3.05, 3.63) is 0 Å². The topological polar surface area (TPSA) is 172 Å². The predicted molar refractivity (Wildman–Crippen MR) is 208 cm³/mol. The molecule has 0 aliphatic heterocycles. The number of nitrogens with two attached hydrogens (primary N) is 1. The molecular weight excluding hydrogens is 685 g/mol. The summed E-state index contributed by atoms with van der Waals surface area (Å²) < 4.78 is 32.3. The number of carbonyl (C=O) groups excluding carboxylic acids is 2. The van der Waals surface area contributed by atoms with Crippen LogP contribution in [0.2, 0.25) is 0 Å². The van der Waals surface area contributed by atoms with Crippen LogP contribution in [0.25, 0.3) is 0 Å². The van der Waals surface area contributed by atoms with Gasteiger partial charge in [0, 0.05) is 12.8 Å². The Labute approximate surface area is 316 Å².